The van der Waals surface area contributed by atoms with Gasteiger partial charge in [0.1, 0.15) is 0 Å². The van der Waals surface area contributed by atoms with Gasteiger partial charge in [0.2, 0.25) is 10.0 Å². The van der Waals surface area contributed by atoms with Crippen LogP contribution in [0.15, 0.2) is 24.3 Å². The molecule has 0 aromatic heterocycles. The summed E-state index contributed by atoms with van der Waals surface area (Å²) in [7, 11) is -3.41. The Labute approximate surface area is 137 Å². The molecule has 2 saturated heterocycles. The highest BCUT2D eigenvalue weighted by Crippen LogP contribution is 2.24. The zero-order chi connectivity index (χ0) is 16.4. The van der Waals surface area contributed by atoms with Crippen LogP contribution in [0.2, 0.25) is 0 Å². The van der Waals surface area contributed by atoms with E-state index in [0.717, 1.165) is 12.8 Å². The van der Waals surface area contributed by atoms with E-state index in [2.05, 4.69) is 10.0 Å². The van der Waals surface area contributed by atoms with Gasteiger partial charge in [0.05, 0.1) is 17.0 Å². The van der Waals surface area contributed by atoms with E-state index in [9.17, 15) is 13.2 Å². The number of anilines is 1. The van der Waals surface area contributed by atoms with Gasteiger partial charge >= 0.3 is 0 Å². The van der Waals surface area contributed by atoms with Gasteiger partial charge in [-0.1, -0.05) is 12.1 Å². The van der Waals surface area contributed by atoms with Crippen molar-refractivity contribution >= 4 is 21.6 Å². The van der Waals surface area contributed by atoms with Crippen LogP contribution >= 0.6 is 0 Å². The van der Waals surface area contributed by atoms with Crippen LogP contribution < -0.4 is 10.0 Å². The maximum absolute atomic E-state index is 12.9. The molecule has 2 atom stereocenters. The summed E-state index contributed by atoms with van der Waals surface area (Å²) >= 11 is 0. The first-order chi connectivity index (χ1) is 11.0. The molecule has 1 aromatic rings. The van der Waals surface area contributed by atoms with Crippen molar-refractivity contribution in [1.82, 2.24) is 10.2 Å². The predicted molar refractivity (Wildman–Crippen MR) is 90.0 cm³/mol. The molecule has 1 amide bonds. The highest BCUT2D eigenvalue weighted by molar-refractivity contribution is 7.92. The lowest BCUT2D eigenvalue weighted by Crippen LogP contribution is -2.39. The van der Waals surface area contributed by atoms with Gasteiger partial charge in [-0.15, -0.1) is 0 Å². The number of sulfonamides is 1. The minimum Gasteiger partial charge on any atom is -0.337 e. The fourth-order valence-electron chi connectivity index (χ4n) is 3.30. The first-order valence-electron chi connectivity index (χ1n) is 8.13. The second kappa shape index (κ2) is 6.49. The number of nitrogens with one attached hydrogen (secondary N) is 2. The molecule has 126 valence electrons. The zero-order valence-electron chi connectivity index (χ0n) is 13.3. The number of fused-ring (bicyclic) bond motifs is 2. The van der Waals surface area contributed by atoms with E-state index < -0.39 is 10.0 Å². The molecule has 6 nitrogen and oxygen atoms in total. The van der Waals surface area contributed by atoms with Crippen molar-refractivity contribution in [2.75, 3.05) is 23.6 Å². The monoisotopic (exact) mass is 337 g/mol. The quantitative estimate of drug-likeness (QED) is 0.871. The molecule has 0 saturated carbocycles. The summed E-state index contributed by atoms with van der Waals surface area (Å²) in [6.07, 6.45) is 3.23. The van der Waals surface area contributed by atoms with Crippen molar-refractivity contribution < 1.29 is 13.2 Å². The number of carbonyl (C=O) groups is 1. The van der Waals surface area contributed by atoms with E-state index in [4.69, 9.17) is 0 Å². The van der Waals surface area contributed by atoms with Crippen molar-refractivity contribution in [3.8, 4) is 0 Å². The Hall–Kier alpha value is -1.60. The molecule has 0 radical (unpaired) electrons. The van der Waals surface area contributed by atoms with Gasteiger partial charge in [-0.25, -0.2) is 8.42 Å². The number of hydrogen-bond acceptors (Lipinski definition) is 4. The fourth-order valence-corrected chi connectivity index (χ4v) is 3.95. The van der Waals surface area contributed by atoms with Crippen LogP contribution in [0.4, 0.5) is 5.69 Å². The van der Waals surface area contributed by atoms with E-state index in [0.29, 0.717) is 36.4 Å². The van der Waals surface area contributed by atoms with Gasteiger partial charge in [0, 0.05) is 25.2 Å². The highest BCUT2D eigenvalue weighted by Gasteiger charge is 2.32. The summed E-state index contributed by atoms with van der Waals surface area (Å²) in [5.41, 5.74) is 0.781. The third kappa shape index (κ3) is 3.67. The van der Waals surface area contributed by atoms with Crippen molar-refractivity contribution in [2.45, 2.75) is 38.3 Å². The van der Waals surface area contributed by atoms with Crippen LogP contribution in [-0.2, 0) is 10.0 Å². The lowest BCUT2D eigenvalue weighted by atomic mass is 10.1. The molecule has 2 aliphatic rings. The second-order valence-corrected chi connectivity index (χ2v) is 8.24. The summed E-state index contributed by atoms with van der Waals surface area (Å²) in [5, 5.41) is 3.55. The van der Waals surface area contributed by atoms with Crippen LogP contribution in [0.5, 0.6) is 0 Å². The zero-order valence-corrected chi connectivity index (χ0v) is 14.1. The topological polar surface area (TPSA) is 78.5 Å². The van der Waals surface area contributed by atoms with Crippen LogP contribution in [-0.4, -0.2) is 50.2 Å². The summed E-state index contributed by atoms with van der Waals surface area (Å²) in [4.78, 5) is 14.7. The highest BCUT2D eigenvalue weighted by atomic mass is 32.2. The number of hydrogen-bond donors (Lipinski definition) is 2. The van der Waals surface area contributed by atoms with E-state index in [1.807, 2.05) is 4.90 Å². The molecule has 2 bridgehead atoms. The lowest BCUT2D eigenvalue weighted by molar-refractivity contribution is 0.0749. The minimum absolute atomic E-state index is 0.0209. The van der Waals surface area contributed by atoms with Gasteiger partial charge in [0.15, 0.2) is 0 Å². The Bertz CT molecular complexity index is 690. The van der Waals surface area contributed by atoms with Gasteiger partial charge in [-0.2, -0.15) is 0 Å². The second-order valence-electron chi connectivity index (χ2n) is 6.23. The number of amides is 1. The molecule has 2 N–H and O–H groups in total. The van der Waals surface area contributed by atoms with Crippen molar-refractivity contribution in [3.05, 3.63) is 29.8 Å². The van der Waals surface area contributed by atoms with E-state index in [-0.39, 0.29) is 11.7 Å². The normalized spacial score (nSPS) is 24.3. The number of rotatable bonds is 4. The van der Waals surface area contributed by atoms with Crippen LogP contribution in [0.1, 0.15) is 36.5 Å². The Morgan fingerprint density at radius 1 is 1.26 bits per heavy atom. The minimum atomic E-state index is -3.41. The molecule has 7 heteroatoms. The molecule has 2 aliphatic heterocycles. The Morgan fingerprint density at radius 2 is 2.00 bits per heavy atom. The summed E-state index contributed by atoms with van der Waals surface area (Å²) in [5.74, 6) is -0.124. The fraction of sp³-hybridized carbons (Fsp3) is 0.562. The van der Waals surface area contributed by atoms with E-state index in [1.165, 1.54) is 6.42 Å². The first kappa shape index (κ1) is 16.3. The van der Waals surface area contributed by atoms with Crippen LogP contribution in [0.25, 0.3) is 0 Å². The van der Waals surface area contributed by atoms with Gasteiger partial charge in [-0.05, 0) is 38.3 Å². The third-order valence-corrected chi connectivity index (χ3v) is 5.90. The number of likely N-dealkylation sites (tertiary alicyclic amines) is 1. The number of benzene rings is 1. The SMILES string of the molecule is CCS(=O)(=O)Nc1ccccc1C(=O)N1CCC2CCC(C1)N2. The molecule has 1 aromatic carbocycles. The molecular formula is C16H23N3O3S. The summed E-state index contributed by atoms with van der Waals surface area (Å²) in [6, 6.07) is 7.68. The molecule has 0 aliphatic carbocycles. The molecule has 23 heavy (non-hydrogen) atoms. The van der Waals surface area contributed by atoms with Crippen molar-refractivity contribution in [1.29, 1.82) is 0 Å². The van der Waals surface area contributed by atoms with Gasteiger partial charge in [-0.3, -0.25) is 9.52 Å². The van der Waals surface area contributed by atoms with E-state index in [1.54, 1.807) is 31.2 Å². The number of para-hydroxylation sites is 1. The van der Waals surface area contributed by atoms with E-state index >= 15 is 0 Å². The Morgan fingerprint density at radius 3 is 2.78 bits per heavy atom. The van der Waals surface area contributed by atoms with Crippen LogP contribution in [0.3, 0.4) is 0 Å². The molecule has 2 heterocycles. The Kier molecular flexibility index (Phi) is 4.59. The maximum atomic E-state index is 12.9. The molecular weight excluding hydrogens is 314 g/mol. The average molecular weight is 337 g/mol. The average Bonchev–Trinajstić information content (AvgIpc) is 2.86. The van der Waals surface area contributed by atoms with Crippen LogP contribution in [0, 0.1) is 0 Å². The smallest absolute Gasteiger partial charge is 0.256 e. The Balaban J connectivity index is 1.82. The maximum Gasteiger partial charge on any atom is 0.256 e. The molecule has 3 rings (SSSR count). The standard InChI is InChI=1S/C16H23N3O3S/c1-2-23(21,22)18-15-6-4-3-5-14(15)16(20)19-10-9-12-7-8-13(11-19)17-12/h3-6,12-13,17-18H,2,7-11H2,1H3. The number of carbonyl (C=O) groups excluding carboxylic acids is 1. The molecule has 2 fully saturated rings. The predicted octanol–water partition coefficient (Wildman–Crippen LogP) is 1.41. The third-order valence-electron chi connectivity index (χ3n) is 4.61. The number of nitrogens with zero attached hydrogens (tertiary/aromatic N) is 1. The van der Waals surface area contributed by atoms with Gasteiger partial charge in [0.25, 0.3) is 5.91 Å². The lowest BCUT2D eigenvalue weighted by Gasteiger charge is -2.25. The largest absolute Gasteiger partial charge is 0.337 e. The summed E-state index contributed by atoms with van der Waals surface area (Å²) < 4.78 is 26.2. The summed E-state index contributed by atoms with van der Waals surface area (Å²) in [6.45, 7) is 2.97. The van der Waals surface area contributed by atoms with Gasteiger partial charge < -0.3 is 10.2 Å². The van der Waals surface area contributed by atoms with Crippen molar-refractivity contribution in [3.63, 3.8) is 0 Å². The first-order valence-corrected chi connectivity index (χ1v) is 9.78. The molecule has 2 unspecified atom stereocenters. The van der Waals surface area contributed by atoms with Crippen molar-refractivity contribution in [2.24, 2.45) is 0 Å². The molecule has 0 spiro atoms.